The third-order valence-corrected chi connectivity index (χ3v) is 4.74. The smallest absolute Gasteiger partial charge is 0.308 e. The summed E-state index contributed by atoms with van der Waals surface area (Å²) in [4.78, 5) is 39.9. The minimum absolute atomic E-state index is 0.0498. The van der Waals surface area contributed by atoms with Crippen LogP contribution in [0.15, 0.2) is 12.1 Å². The van der Waals surface area contributed by atoms with Crippen LogP contribution in [-0.2, 0) is 32.3 Å². The zero-order valence-electron chi connectivity index (χ0n) is 14.3. The lowest BCUT2D eigenvalue weighted by atomic mass is 10.1. The van der Waals surface area contributed by atoms with Gasteiger partial charge < -0.3 is 9.47 Å². The SMILES string of the molecule is CONc1nc(Cl)nc2c1ncn2[C@@H]1O[C@H](C(=C=O)OC(C)=O)[C@H]2OSO[C@H]21. The lowest BCUT2D eigenvalue weighted by Crippen LogP contribution is -2.31. The highest BCUT2D eigenvalue weighted by molar-refractivity contribution is 7.90. The van der Waals surface area contributed by atoms with Crippen molar-refractivity contribution >= 4 is 52.8 Å². The summed E-state index contributed by atoms with van der Waals surface area (Å²) in [6, 6.07) is 0. The van der Waals surface area contributed by atoms with E-state index in [4.69, 9.17) is 34.3 Å². The number of fused-ring (bicyclic) bond motifs is 2. The molecule has 148 valence electrons. The minimum atomic E-state index is -1.02. The molecule has 2 aromatic heterocycles. The molecule has 0 unspecified atom stereocenters. The van der Waals surface area contributed by atoms with E-state index in [-0.39, 0.29) is 16.9 Å². The second-order valence-electron chi connectivity index (χ2n) is 5.67. The molecule has 0 saturated carbocycles. The highest BCUT2D eigenvalue weighted by Crippen LogP contribution is 2.45. The molecule has 0 spiro atoms. The van der Waals surface area contributed by atoms with Gasteiger partial charge in [0.2, 0.25) is 11.0 Å². The average molecular weight is 430 g/mol. The number of ether oxygens (including phenoxy) is 2. The molecule has 1 N–H and O–H groups in total. The first kappa shape index (κ1) is 19.1. The van der Waals surface area contributed by atoms with E-state index in [0.717, 1.165) is 19.2 Å². The number of rotatable bonds is 5. The van der Waals surface area contributed by atoms with Crippen LogP contribution in [0.1, 0.15) is 13.2 Å². The first-order valence-electron chi connectivity index (χ1n) is 7.80. The van der Waals surface area contributed by atoms with E-state index in [1.165, 1.54) is 13.4 Å². The van der Waals surface area contributed by atoms with Crippen molar-refractivity contribution in [3.63, 3.8) is 0 Å². The van der Waals surface area contributed by atoms with Gasteiger partial charge in [-0.25, -0.2) is 15.3 Å². The van der Waals surface area contributed by atoms with Gasteiger partial charge in [0.1, 0.15) is 6.10 Å². The Labute approximate surface area is 166 Å². The van der Waals surface area contributed by atoms with Gasteiger partial charge in [0.05, 0.1) is 13.4 Å². The summed E-state index contributed by atoms with van der Waals surface area (Å²) in [7, 11) is 1.41. The molecule has 4 rings (SSSR count). The van der Waals surface area contributed by atoms with Crippen molar-refractivity contribution < 1.29 is 32.3 Å². The van der Waals surface area contributed by atoms with Gasteiger partial charge in [-0.2, -0.15) is 9.97 Å². The number of aromatic nitrogens is 4. The van der Waals surface area contributed by atoms with E-state index in [1.807, 2.05) is 0 Å². The van der Waals surface area contributed by atoms with Crippen LogP contribution in [0, 0.1) is 0 Å². The van der Waals surface area contributed by atoms with E-state index in [2.05, 4.69) is 20.4 Å². The zero-order chi connectivity index (χ0) is 19.8. The van der Waals surface area contributed by atoms with Gasteiger partial charge in [-0.15, -0.1) is 0 Å². The molecule has 2 aliphatic heterocycles. The van der Waals surface area contributed by atoms with Gasteiger partial charge in [0.25, 0.3) is 0 Å². The van der Waals surface area contributed by atoms with Crippen LogP contribution in [0.3, 0.4) is 0 Å². The van der Waals surface area contributed by atoms with Crippen LogP contribution in [0.5, 0.6) is 0 Å². The van der Waals surface area contributed by atoms with E-state index in [0.29, 0.717) is 11.2 Å². The maximum atomic E-state index is 11.3. The number of hydrogen-bond acceptors (Lipinski definition) is 12. The van der Waals surface area contributed by atoms with Crippen LogP contribution < -0.4 is 5.48 Å². The van der Waals surface area contributed by atoms with Crippen LogP contribution >= 0.6 is 23.9 Å². The molecule has 14 heteroatoms. The maximum absolute atomic E-state index is 11.3. The van der Waals surface area contributed by atoms with Gasteiger partial charge in [0, 0.05) is 6.92 Å². The fraction of sp³-hybridized carbons (Fsp3) is 0.429. The lowest BCUT2D eigenvalue weighted by Gasteiger charge is -2.18. The summed E-state index contributed by atoms with van der Waals surface area (Å²) >= 11 is 6.74. The molecule has 12 nitrogen and oxygen atoms in total. The molecular weight excluding hydrogens is 418 g/mol. The Morgan fingerprint density at radius 3 is 2.89 bits per heavy atom. The molecule has 0 amide bonds. The standard InChI is InChI=1S/C14H12ClN5O7S/c1-5(22)24-6(3-21)8-9-10(27-28-26-9)13(25-8)20-4-16-7-11(19-23-2)17-14(15)18-12(7)20/h4,8-10,13H,1-2H3,(H,17,18,19)/t8-,9-,10-,13-/m1/s1. The number of halogens is 1. The Morgan fingerprint density at radius 2 is 2.18 bits per heavy atom. The molecule has 0 aliphatic carbocycles. The summed E-state index contributed by atoms with van der Waals surface area (Å²) in [5.74, 6) is 0.818. The fourth-order valence-corrected chi connectivity index (χ4v) is 3.74. The van der Waals surface area contributed by atoms with Crippen LogP contribution in [0.4, 0.5) is 5.82 Å². The van der Waals surface area contributed by atoms with Crippen LogP contribution in [0.25, 0.3) is 11.2 Å². The first-order valence-corrected chi connectivity index (χ1v) is 8.84. The van der Waals surface area contributed by atoms with Gasteiger partial charge in [-0.3, -0.25) is 22.6 Å². The molecule has 4 heterocycles. The van der Waals surface area contributed by atoms with Gasteiger partial charge >= 0.3 is 5.97 Å². The monoisotopic (exact) mass is 429 g/mol. The average Bonchev–Trinajstić information content (AvgIpc) is 3.34. The second kappa shape index (κ2) is 7.64. The number of hydrogen-bond donors (Lipinski definition) is 1. The van der Waals surface area contributed by atoms with E-state index < -0.39 is 30.5 Å². The van der Waals surface area contributed by atoms with E-state index in [1.54, 1.807) is 10.5 Å². The Kier molecular flexibility index (Phi) is 5.21. The third kappa shape index (κ3) is 3.22. The molecule has 4 atom stereocenters. The third-order valence-electron chi connectivity index (χ3n) is 3.97. The highest BCUT2D eigenvalue weighted by atomic mass is 35.5. The number of nitrogens with zero attached hydrogens (tertiary/aromatic N) is 4. The summed E-state index contributed by atoms with van der Waals surface area (Å²) < 4.78 is 23.3. The lowest BCUT2D eigenvalue weighted by molar-refractivity contribution is -0.139. The second-order valence-corrected chi connectivity index (χ2v) is 6.53. The van der Waals surface area contributed by atoms with Gasteiger partial charge in [0.15, 0.2) is 53.7 Å². The molecule has 0 bridgehead atoms. The molecule has 2 fully saturated rings. The van der Waals surface area contributed by atoms with Crippen molar-refractivity contribution in [2.24, 2.45) is 0 Å². The summed E-state index contributed by atoms with van der Waals surface area (Å²) in [5.41, 5.74) is 3.27. The zero-order valence-corrected chi connectivity index (χ0v) is 15.9. The Balaban J connectivity index is 1.73. The number of nitrogens with one attached hydrogen (secondary N) is 1. The number of carbonyl (C=O) groups is 1. The topological polar surface area (TPSA) is 136 Å². The summed E-state index contributed by atoms with van der Waals surface area (Å²) in [6.45, 7) is 1.16. The number of anilines is 1. The van der Waals surface area contributed by atoms with Gasteiger partial charge in [-0.1, -0.05) is 0 Å². The number of imidazole rings is 1. The Morgan fingerprint density at radius 1 is 1.39 bits per heavy atom. The largest absolute Gasteiger partial charge is 0.416 e. The Bertz CT molecular complexity index is 980. The summed E-state index contributed by atoms with van der Waals surface area (Å²) in [6.07, 6.45) is -1.76. The van der Waals surface area contributed by atoms with Crippen molar-refractivity contribution in [3.05, 3.63) is 17.4 Å². The van der Waals surface area contributed by atoms with Crippen molar-refractivity contribution in [2.45, 2.75) is 31.5 Å². The Hall–Kier alpha value is -2.25. The molecule has 2 saturated heterocycles. The molecule has 0 aromatic carbocycles. The summed E-state index contributed by atoms with van der Waals surface area (Å²) in [5, 5.41) is -0.0498. The molecule has 2 aliphatic rings. The fourth-order valence-electron chi connectivity index (χ4n) is 2.93. The first-order chi connectivity index (χ1) is 13.5. The molecule has 2 aromatic rings. The van der Waals surface area contributed by atoms with E-state index >= 15 is 0 Å². The van der Waals surface area contributed by atoms with Crippen molar-refractivity contribution in [1.82, 2.24) is 19.5 Å². The minimum Gasteiger partial charge on any atom is -0.416 e. The molecule has 0 radical (unpaired) electrons. The van der Waals surface area contributed by atoms with E-state index in [9.17, 15) is 9.59 Å². The van der Waals surface area contributed by atoms with Crippen molar-refractivity contribution in [1.29, 1.82) is 0 Å². The van der Waals surface area contributed by atoms with Gasteiger partial charge in [-0.05, 0) is 11.6 Å². The maximum Gasteiger partial charge on any atom is 0.308 e. The van der Waals surface area contributed by atoms with Crippen LogP contribution in [0.2, 0.25) is 5.28 Å². The molecular formula is C14H12ClN5O7S. The quantitative estimate of drug-likeness (QED) is 0.181. The van der Waals surface area contributed by atoms with Crippen LogP contribution in [-0.4, -0.2) is 56.9 Å². The highest BCUT2D eigenvalue weighted by Gasteiger charge is 2.55. The predicted molar refractivity (Wildman–Crippen MR) is 93.2 cm³/mol. The van der Waals surface area contributed by atoms with Crippen molar-refractivity contribution in [3.8, 4) is 0 Å². The number of carbonyl (C=O) groups excluding carboxylic acids is 2. The molecule has 28 heavy (non-hydrogen) atoms. The normalized spacial score (nSPS) is 26.1. The number of esters is 1. The van der Waals surface area contributed by atoms with Crippen molar-refractivity contribution in [2.75, 3.05) is 12.6 Å². The predicted octanol–water partition coefficient (Wildman–Crippen LogP) is 0.976.